The van der Waals surface area contributed by atoms with Crippen LogP contribution in [0.3, 0.4) is 0 Å². The van der Waals surface area contributed by atoms with Crippen molar-refractivity contribution < 1.29 is 24.8 Å². The van der Waals surface area contributed by atoms with Crippen molar-refractivity contribution in [3.8, 4) is 0 Å². The second kappa shape index (κ2) is 8.56. The van der Waals surface area contributed by atoms with Crippen LogP contribution in [0, 0.1) is 0 Å². The number of nitrogens with zero attached hydrogens (tertiary/aromatic N) is 2. The van der Waals surface area contributed by atoms with Crippen molar-refractivity contribution in [3.63, 3.8) is 0 Å². The summed E-state index contributed by atoms with van der Waals surface area (Å²) in [6.45, 7) is -0.699. The van der Waals surface area contributed by atoms with Gasteiger partial charge in [0.1, 0.15) is 18.9 Å². The zero-order chi connectivity index (χ0) is 20.3. The van der Waals surface area contributed by atoms with Gasteiger partial charge in [0.05, 0.1) is 19.1 Å². The Bertz CT molecular complexity index is 916. The van der Waals surface area contributed by atoms with E-state index in [9.17, 15) is 24.9 Å². The maximum absolute atomic E-state index is 12.8. The Balaban J connectivity index is 1.86. The van der Waals surface area contributed by atoms with Gasteiger partial charge in [0.2, 0.25) is 0 Å². The van der Waals surface area contributed by atoms with Crippen LogP contribution in [0.5, 0.6) is 0 Å². The van der Waals surface area contributed by atoms with Gasteiger partial charge in [-0.2, -0.15) is 0 Å². The van der Waals surface area contributed by atoms with Gasteiger partial charge in [-0.1, -0.05) is 30.3 Å². The average Bonchev–Trinajstić information content (AvgIpc) is 2.96. The Kier molecular flexibility index (Phi) is 6.33. The summed E-state index contributed by atoms with van der Waals surface area (Å²) < 4.78 is 12.7. The number of benzene rings is 1. The molecule has 2 aromatic rings. The molecule has 1 fully saturated rings. The van der Waals surface area contributed by atoms with E-state index in [1.807, 2.05) is 30.3 Å². The van der Waals surface area contributed by atoms with Crippen LogP contribution < -0.4 is 11.2 Å². The molecule has 0 aliphatic carbocycles. The first-order chi connectivity index (χ1) is 13.4. The van der Waals surface area contributed by atoms with Crippen LogP contribution in [0.1, 0.15) is 11.8 Å². The van der Waals surface area contributed by atoms with Gasteiger partial charge >= 0.3 is 5.69 Å². The van der Waals surface area contributed by atoms with Gasteiger partial charge < -0.3 is 24.8 Å². The van der Waals surface area contributed by atoms with Crippen molar-refractivity contribution in [2.45, 2.75) is 37.4 Å². The molecule has 3 N–H and O–H groups in total. The summed E-state index contributed by atoms with van der Waals surface area (Å²) in [6.07, 6.45) is -2.88. The van der Waals surface area contributed by atoms with E-state index in [-0.39, 0.29) is 13.3 Å². The van der Waals surface area contributed by atoms with Crippen LogP contribution in [-0.2, 0) is 22.8 Å². The second-order valence-corrected chi connectivity index (χ2v) is 6.78. The highest BCUT2D eigenvalue weighted by Gasteiger charge is 2.56. The minimum Gasteiger partial charge on any atom is -0.394 e. The highest BCUT2D eigenvalue weighted by Crippen LogP contribution is 2.38. The van der Waals surface area contributed by atoms with Crippen LogP contribution in [0.2, 0.25) is 0 Å². The van der Waals surface area contributed by atoms with Gasteiger partial charge in [0, 0.05) is 12.3 Å². The van der Waals surface area contributed by atoms with Crippen molar-refractivity contribution in [1.29, 1.82) is 0 Å². The topological polar surface area (TPSA) is 123 Å². The Morgan fingerprint density at radius 3 is 2.57 bits per heavy atom. The molecule has 3 rings (SSSR count). The smallest absolute Gasteiger partial charge is 0.335 e. The molecule has 0 bridgehead atoms. The lowest BCUT2D eigenvalue weighted by molar-refractivity contribution is -0.0976. The number of hydrogen-bond acceptors (Lipinski definition) is 7. The predicted molar refractivity (Wildman–Crippen MR) is 98.9 cm³/mol. The Morgan fingerprint density at radius 2 is 1.93 bits per heavy atom. The van der Waals surface area contributed by atoms with E-state index in [0.29, 0.717) is 0 Å². The van der Waals surface area contributed by atoms with Gasteiger partial charge in [0.25, 0.3) is 5.56 Å². The standard InChI is InChI=1S/C18H21ClN2O7/c19-10-18(26)15(24)13(8-22)28-16(18)20-7-6-14(23)21(17(20)25)11-27-9-12-4-2-1-3-5-12/h1-7,13,15-16,22,24,26H,8-11H2/t13-,15-,16-,18-/m1/s1. The van der Waals surface area contributed by atoms with Gasteiger partial charge in [0.15, 0.2) is 11.8 Å². The third-order valence-corrected chi connectivity index (χ3v) is 5.10. The number of hydrogen-bond donors (Lipinski definition) is 3. The van der Waals surface area contributed by atoms with E-state index in [1.54, 1.807) is 0 Å². The Hall–Kier alpha value is -2.01. The minimum absolute atomic E-state index is 0.193. The van der Waals surface area contributed by atoms with Gasteiger partial charge in [-0.05, 0) is 5.56 Å². The molecule has 4 atom stereocenters. The molecule has 10 heteroatoms. The van der Waals surface area contributed by atoms with E-state index < -0.39 is 47.8 Å². The van der Waals surface area contributed by atoms with Crippen molar-refractivity contribution in [2.24, 2.45) is 0 Å². The molecule has 0 unspecified atom stereocenters. The highest BCUT2D eigenvalue weighted by molar-refractivity contribution is 6.18. The molecule has 1 saturated heterocycles. The molecule has 1 aliphatic heterocycles. The zero-order valence-electron chi connectivity index (χ0n) is 14.8. The van der Waals surface area contributed by atoms with E-state index in [4.69, 9.17) is 21.1 Å². The van der Waals surface area contributed by atoms with Crippen LogP contribution in [0.15, 0.2) is 52.2 Å². The number of halogens is 1. The van der Waals surface area contributed by atoms with Crippen molar-refractivity contribution in [2.75, 3.05) is 12.5 Å². The molecule has 1 aliphatic rings. The maximum atomic E-state index is 12.8. The molecule has 1 aromatic heterocycles. The Labute approximate surface area is 164 Å². The maximum Gasteiger partial charge on any atom is 0.335 e. The summed E-state index contributed by atoms with van der Waals surface area (Å²) in [5.41, 5.74) is -2.55. The number of ether oxygens (including phenoxy) is 2. The Morgan fingerprint density at radius 1 is 1.21 bits per heavy atom. The quantitative estimate of drug-likeness (QED) is 0.519. The normalized spacial score (nSPS) is 27.2. The molecule has 0 amide bonds. The van der Waals surface area contributed by atoms with E-state index >= 15 is 0 Å². The zero-order valence-corrected chi connectivity index (χ0v) is 15.6. The summed E-state index contributed by atoms with van der Waals surface area (Å²) in [5.74, 6) is -0.453. The summed E-state index contributed by atoms with van der Waals surface area (Å²) in [6, 6.07) is 10.3. The molecule has 152 valence electrons. The number of aromatic nitrogens is 2. The van der Waals surface area contributed by atoms with Crippen LogP contribution in [0.4, 0.5) is 0 Å². The third kappa shape index (κ3) is 3.77. The summed E-state index contributed by atoms with van der Waals surface area (Å²) in [5, 5.41) is 30.2. The summed E-state index contributed by atoms with van der Waals surface area (Å²) in [7, 11) is 0. The number of rotatable bonds is 7. The van der Waals surface area contributed by atoms with Gasteiger partial charge in [-0.3, -0.25) is 9.36 Å². The summed E-state index contributed by atoms with van der Waals surface area (Å²) >= 11 is 5.81. The lowest BCUT2D eigenvalue weighted by atomic mass is 9.96. The lowest BCUT2D eigenvalue weighted by Gasteiger charge is -2.29. The molecular weight excluding hydrogens is 392 g/mol. The first kappa shape index (κ1) is 20.7. The molecule has 2 heterocycles. The fourth-order valence-electron chi connectivity index (χ4n) is 3.08. The first-order valence-electron chi connectivity index (χ1n) is 8.58. The highest BCUT2D eigenvalue weighted by atomic mass is 35.5. The van der Waals surface area contributed by atoms with Crippen molar-refractivity contribution in [1.82, 2.24) is 9.13 Å². The van der Waals surface area contributed by atoms with Crippen LogP contribution in [0.25, 0.3) is 0 Å². The third-order valence-electron chi connectivity index (χ3n) is 4.67. The van der Waals surface area contributed by atoms with E-state index in [0.717, 1.165) is 27.0 Å². The number of aliphatic hydroxyl groups excluding tert-OH is 2. The van der Waals surface area contributed by atoms with E-state index in [1.165, 1.54) is 0 Å². The van der Waals surface area contributed by atoms with Crippen LogP contribution >= 0.6 is 11.6 Å². The molecular formula is C18H21ClN2O7. The molecule has 0 saturated carbocycles. The SMILES string of the molecule is O=c1ccn([C@@H]2O[C@H](CO)[C@@H](O)[C@]2(O)CCl)c(=O)n1COCc1ccccc1. The van der Waals surface area contributed by atoms with Gasteiger partial charge in [-0.25, -0.2) is 9.36 Å². The van der Waals surface area contributed by atoms with Crippen LogP contribution in [-0.4, -0.2) is 54.7 Å². The number of alkyl halides is 1. The molecule has 0 spiro atoms. The van der Waals surface area contributed by atoms with Crippen molar-refractivity contribution >= 4 is 11.6 Å². The summed E-state index contributed by atoms with van der Waals surface area (Å²) in [4.78, 5) is 24.9. The largest absolute Gasteiger partial charge is 0.394 e. The fraction of sp³-hybridized carbons (Fsp3) is 0.444. The monoisotopic (exact) mass is 412 g/mol. The fourth-order valence-corrected chi connectivity index (χ4v) is 3.37. The number of aliphatic hydroxyl groups is 3. The van der Waals surface area contributed by atoms with Gasteiger partial charge in [-0.15, -0.1) is 11.6 Å². The lowest BCUT2D eigenvalue weighted by Crippen LogP contribution is -2.51. The second-order valence-electron chi connectivity index (χ2n) is 6.51. The molecule has 28 heavy (non-hydrogen) atoms. The van der Waals surface area contributed by atoms with Crippen molar-refractivity contribution in [3.05, 3.63) is 69.0 Å². The molecule has 1 aromatic carbocycles. The first-order valence-corrected chi connectivity index (χ1v) is 9.12. The molecule has 9 nitrogen and oxygen atoms in total. The predicted octanol–water partition coefficient (Wildman–Crippen LogP) is -0.595. The van der Waals surface area contributed by atoms with E-state index in [2.05, 4.69) is 0 Å². The molecule has 0 radical (unpaired) electrons. The average molecular weight is 413 g/mol. The minimum atomic E-state index is -2.02.